The fraction of sp³-hybridized carbons (Fsp3) is 0.800. The predicted molar refractivity (Wildman–Crippen MR) is 78.4 cm³/mol. The number of carbonyl (C=O) groups is 1. The molecule has 1 atom stereocenters. The van der Waals surface area contributed by atoms with Gasteiger partial charge in [0.2, 0.25) is 0 Å². The molecule has 0 aromatic rings. The summed E-state index contributed by atoms with van der Waals surface area (Å²) in [5.74, 6) is 5.21. The lowest BCUT2D eigenvalue weighted by molar-refractivity contribution is -0.134. The molecule has 0 aliphatic carbocycles. The molecule has 2 N–H and O–H groups in total. The standard InChI is InChI=1S/C13H23NO2.C2H4O2/c1-12(2,3)13(4,15)6-5-7-14-8-10-16-11-9-14;1-2(3)4/h15H,7-11H2,1-4H3;1H3,(H,3,4). The molecule has 0 radical (unpaired) electrons. The largest absolute Gasteiger partial charge is 0.481 e. The van der Waals surface area contributed by atoms with Gasteiger partial charge in [-0.3, -0.25) is 9.69 Å². The topological polar surface area (TPSA) is 70.0 Å². The highest BCUT2D eigenvalue weighted by atomic mass is 16.5. The Morgan fingerprint density at radius 3 is 2.10 bits per heavy atom. The maximum Gasteiger partial charge on any atom is 0.300 e. The average molecular weight is 285 g/mol. The van der Waals surface area contributed by atoms with Crippen LogP contribution in [0.2, 0.25) is 0 Å². The zero-order valence-corrected chi connectivity index (χ0v) is 13.2. The zero-order chi connectivity index (χ0) is 15.8. The smallest absolute Gasteiger partial charge is 0.300 e. The van der Waals surface area contributed by atoms with E-state index in [1.54, 1.807) is 6.92 Å². The van der Waals surface area contributed by atoms with Gasteiger partial charge in [-0.1, -0.05) is 32.6 Å². The second-order valence-corrected chi connectivity index (χ2v) is 6.03. The number of morpholine rings is 1. The van der Waals surface area contributed by atoms with E-state index in [1.165, 1.54) is 0 Å². The number of hydrogen-bond acceptors (Lipinski definition) is 4. The van der Waals surface area contributed by atoms with Crippen LogP contribution in [0.15, 0.2) is 0 Å². The molecule has 1 aliphatic heterocycles. The quantitative estimate of drug-likeness (QED) is 0.709. The van der Waals surface area contributed by atoms with Crippen molar-refractivity contribution in [3.63, 3.8) is 0 Å². The molecular formula is C15H27NO4. The van der Waals surface area contributed by atoms with E-state index in [-0.39, 0.29) is 5.41 Å². The lowest BCUT2D eigenvalue weighted by Gasteiger charge is -2.32. The molecule has 0 aromatic carbocycles. The van der Waals surface area contributed by atoms with Gasteiger partial charge in [0.1, 0.15) is 5.60 Å². The summed E-state index contributed by atoms with van der Waals surface area (Å²) >= 11 is 0. The van der Waals surface area contributed by atoms with Gasteiger partial charge in [-0.25, -0.2) is 0 Å². The lowest BCUT2D eigenvalue weighted by atomic mass is 9.78. The average Bonchev–Trinajstić information content (AvgIpc) is 2.28. The minimum Gasteiger partial charge on any atom is -0.481 e. The fourth-order valence-corrected chi connectivity index (χ4v) is 1.27. The van der Waals surface area contributed by atoms with E-state index < -0.39 is 11.6 Å². The second kappa shape index (κ2) is 8.25. The summed E-state index contributed by atoms with van der Waals surface area (Å²) in [4.78, 5) is 11.2. The second-order valence-electron chi connectivity index (χ2n) is 6.03. The first-order valence-corrected chi connectivity index (χ1v) is 6.78. The van der Waals surface area contributed by atoms with Gasteiger partial charge in [-0.05, 0) is 6.92 Å². The van der Waals surface area contributed by atoms with Crippen LogP contribution in [0.5, 0.6) is 0 Å². The van der Waals surface area contributed by atoms with Crippen molar-refractivity contribution >= 4 is 5.97 Å². The van der Waals surface area contributed by atoms with E-state index in [2.05, 4.69) is 16.7 Å². The number of carboxylic acids is 1. The van der Waals surface area contributed by atoms with Gasteiger partial charge < -0.3 is 14.9 Å². The number of carboxylic acid groups (broad SMARTS) is 1. The van der Waals surface area contributed by atoms with Gasteiger partial charge >= 0.3 is 0 Å². The number of ether oxygens (including phenoxy) is 1. The number of hydrogen-bond donors (Lipinski definition) is 2. The Labute approximate surface area is 121 Å². The molecule has 1 unspecified atom stereocenters. The molecule has 20 heavy (non-hydrogen) atoms. The molecule has 0 spiro atoms. The third-order valence-electron chi connectivity index (χ3n) is 3.20. The van der Waals surface area contributed by atoms with Crippen molar-refractivity contribution in [2.75, 3.05) is 32.8 Å². The predicted octanol–water partition coefficient (Wildman–Crippen LogP) is 1.21. The van der Waals surface area contributed by atoms with Gasteiger partial charge in [0.15, 0.2) is 0 Å². The highest BCUT2D eigenvalue weighted by molar-refractivity contribution is 5.62. The van der Waals surface area contributed by atoms with E-state index in [0.29, 0.717) is 0 Å². The molecular weight excluding hydrogens is 258 g/mol. The molecule has 1 fully saturated rings. The Hall–Kier alpha value is -1.09. The van der Waals surface area contributed by atoms with Crippen LogP contribution in [0.1, 0.15) is 34.6 Å². The normalized spacial score (nSPS) is 18.9. The first-order chi connectivity index (χ1) is 9.06. The van der Waals surface area contributed by atoms with Crippen LogP contribution in [-0.2, 0) is 9.53 Å². The van der Waals surface area contributed by atoms with Gasteiger partial charge in [-0.2, -0.15) is 0 Å². The van der Waals surface area contributed by atoms with Crippen LogP contribution >= 0.6 is 0 Å². The van der Waals surface area contributed by atoms with Crippen LogP contribution in [-0.4, -0.2) is 59.5 Å². The summed E-state index contributed by atoms with van der Waals surface area (Å²) in [7, 11) is 0. The number of nitrogens with zero attached hydrogens (tertiary/aromatic N) is 1. The Balaban J connectivity index is 0.000000796. The minimum absolute atomic E-state index is 0.217. The Morgan fingerprint density at radius 1 is 1.25 bits per heavy atom. The van der Waals surface area contributed by atoms with Gasteiger partial charge in [0, 0.05) is 25.4 Å². The monoisotopic (exact) mass is 285 g/mol. The van der Waals surface area contributed by atoms with Crippen molar-refractivity contribution < 1.29 is 19.7 Å². The van der Waals surface area contributed by atoms with Crippen molar-refractivity contribution in [3.8, 4) is 11.8 Å². The van der Waals surface area contributed by atoms with Crippen molar-refractivity contribution in [1.29, 1.82) is 0 Å². The van der Waals surface area contributed by atoms with Crippen molar-refractivity contribution in [1.82, 2.24) is 4.90 Å². The van der Waals surface area contributed by atoms with E-state index in [4.69, 9.17) is 14.6 Å². The van der Waals surface area contributed by atoms with E-state index in [1.807, 2.05) is 20.8 Å². The van der Waals surface area contributed by atoms with E-state index >= 15 is 0 Å². The molecule has 1 aliphatic rings. The van der Waals surface area contributed by atoms with Crippen molar-refractivity contribution in [2.45, 2.75) is 40.2 Å². The summed E-state index contributed by atoms with van der Waals surface area (Å²) in [6.45, 7) is 13.0. The number of aliphatic carboxylic acids is 1. The first kappa shape index (κ1) is 18.9. The first-order valence-electron chi connectivity index (χ1n) is 6.78. The van der Waals surface area contributed by atoms with Gasteiger partial charge in [0.25, 0.3) is 5.97 Å². The lowest BCUT2D eigenvalue weighted by Crippen LogP contribution is -2.39. The summed E-state index contributed by atoms with van der Waals surface area (Å²) in [6.07, 6.45) is 0. The highest BCUT2D eigenvalue weighted by Gasteiger charge is 2.33. The maximum atomic E-state index is 10.2. The van der Waals surface area contributed by atoms with Crippen molar-refractivity contribution in [3.05, 3.63) is 0 Å². The van der Waals surface area contributed by atoms with Crippen LogP contribution in [0.3, 0.4) is 0 Å². The van der Waals surface area contributed by atoms with E-state index in [9.17, 15) is 5.11 Å². The third-order valence-corrected chi connectivity index (χ3v) is 3.20. The number of rotatable bonds is 1. The minimum atomic E-state index is -0.931. The van der Waals surface area contributed by atoms with Crippen LogP contribution in [0, 0.1) is 17.3 Å². The fourth-order valence-electron chi connectivity index (χ4n) is 1.27. The molecule has 0 aromatic heterocycles. The van der Waals surface area contributed by atoms with Crippen LogP contribution < -0.4 is 0 Å². The molecule has 0 saturated carbocycles. The molecule has 1 heterocycles. The Kier molecular flexibility index (Phi) is 7.80. The third kappa shape index (κ3) is 8.16. The zero-order valence-electron chi connectivity index (χ0n) is 13.2. The highest BCUT2D eigenvalue weighted by Crippen LogP contribution is 2.28. The summed E-state index contributed by atoms with van der Waals surface area (Å²) < 4.78 is 5.26. The van der Waals surface area contributed by atoms with Gasteiger partial charge in [0.05, 0.1) is 19.8 Å². The van der Waals surface area contributed by atoms with Crippen LogP contribution in [0.25, 0.3) is 0 Å². The molecule has 116 valence electrons. The Bertz CT molecular complexity index is 350. The van der Waals surface area contributed by atoms with E-state index in [0.717, 1.165) is 39.8 Å². The molecule has 0 bridgehead atoms. The molecule has 0 amide bonds. The summed E-state index contributed by atoms with van der Waals surface area (Å²) in [6, 6.07) is 0. The Morgan fingerprint density at radius 2 is 1.70 bits per heavy atom. The SMILES string of the molecule is CC(=O)O.CC(C)(C)C(C)(O)C#CCN1CCOCC1. The number of aliphatic hydroxyl groups is 1. The van der Waals surface area contributed by atoms with Crippen LogP contribution in [0.4, 0.5) is 0 Å². The summed E-state index contributed by atoms with van der Waals surface area (Å²) in [5.41, 5.74) is -1.15. The molecule has 5 heteroatoms. The molecule has 5 nitrogen and oxygen atoms in total. The van der Waals surface area contributed by atoms with Crippen molar-refractivity contribution in [2.24, 2.45) is 5.41 Å². The molecule has 1 rings (SSSR count). The molecule has 1 saturated heterocycles. The summed E-state index contributed by atoms with van der Waals surface area (Å²) in [5, 5.41) is 17.6. The maximum absolute atomic E-state index is 10.2. The van der Waals surface area contributed by atoms with Gasteiger partial charge in [-0.15, -0.1) is 0 Å².